The maximum Gasteiger partial charge on any atom is 0.258 e. The third-order valence-corrected chi connectivity index (χ3v) is 6.81. The summed E-state index contributed by atoms with van der Waals surface area (Å²) in [6.07, 6.45) is 0.871. The fraction of sp³-hybridized carbons (Fsp3) is 0.259. The molecule has 2 aromatic carbocycles. The Morgan fingerprint density at radius 1 is 0.917 bits per heavy atom. The maximum atomic E-state index is 14.9. The highest BCUT2D eigenvalue weighted by Crippen LogP contribution is 2.34. The Morgan fingerprint density at radius 3 is 2.28 bits per heavy atom. The molecule has 1 aliphatic heterocycles. The number of nitrogen functional groups attached to an aromatic ring is 1. The molecule has 5 rings (SSSR count). The topological polar surface area (TPSA) is 78.2 Å². The molecule has 9 heteroatoms. The number of anilines is 2. The Hall–Kier alpha value is -3.85. The first kappa shape index (κ1) is 23.9. The van der Waals surface area contributed by atoms with Crippen LogP contribution < -0.4 is 16.2 Å². The third kappa shape index (κ3) is 4.30. The van der Waals surface area contributed by atoms with E-state index < -0.39 is 28.5 Å². The van der Waals surface area contributed by atoms with Crippen molar-refractivity contribution in [3.8, 4) is 22.3 Å². The first-order valence-electron chi connectivity index (χ1n) is 11.8. The number of aromatic nitrogens is 2. The van der Waals surface area contributed by atoms with Crippen molar-refractivity contribution in [1.82, 2.24) is 14.9 Å². The van der Waals surface area contributed by atoms with Crippen molar-refractivity contribution in [2.75, 3.05) is 36.8 Å². The van der Waals surface area contributed by atoms with Crippen molar-refractivity contribution < 1.29 is 13.2 Å². The molecule has 0 bridgehead atoms. The van der Waals surface area contributed by atoms with E-state index in [-0.39, 0.29) is 27.9 Å². The second-order valence-electron chi connectivity index (χ2n) is 9.27. The zero-order chi connectivity index (χ0) is 25.6. The fourth-order valence-corrected chi connectivity index (χ4v) is 4.75. The Bertz CT molecular complexity index is 1490. The molecule has 0 radical (unpaired) electrons. The summed E-state index contributed by atoms with van der Waals surface area (Å²) in [5, 5.41) is -0.585. The summed E-state index contributed by atoms with van der Waals surface area (Å²) in [4.78, 5) is 22.7. The summed E-state index contributed by atoms with van der Waals surface area (Å²) in [5.41, 5.74) is 7.46. The molecule has 4 aromatic rings. The molecule has 0 spiro atoms. The van der Waals surface area contributed by atoms with Gasteiger partial charge < -0.3 is 15.6 Å². The monoisotopic (exact) mass is 493 g/mol. The third-order valence-electron chi connectivity index (χ3n) is 6.81. The minimum Gasteiger partial charge on any atom is -0.383 e. The lowest BCUT2D eigenvalue weighted by atomic mass is 9.98. The maximum absolute atomic E-state index is 14.9. The molecule has 0 aliphatic carbocycles. The van der Waals surface area contributed by atoms with E-state index in [1.54, 1.807) is 0 Å². The lowest BCUT2D eigenvalue weighted by molar-refractivity contribution is 0.209. The molecule has 36 heavy (non-hydrogen) atoms. The van der Waals surface area contributed by atoms with Crippen molar-refractivity contribution in [3.63, 3.8) is 0 Å². The van der Waals surface area contributed by atoms with Gasteiger partial charge in [-0.3, -0.25) is 9.69 Å². The van der Waals surface area contributed by atoms with Crippen molar-refractivity contribution in [2.45, 2.75) is 19.9 Å². The minimum atomic E-state index is -0.907. The second kappa shape index (κ2) is 9.31. The van der Waals surface area contributed by atoms with Gasteiger partial charge in [0.05, 0.1) is 5.39 Å². The van der Waals surface area contributed by atoms with Crippen molar-refractivity contribution >= 4 is 22.3 Å². The standard InChI is InChI=1S/C27H26F3N5O/c1-15(2)34-7-9-35(10-8-34)18-5-3-16(4-6-18)19-13-20(26(31)33-25(19)30)17-11-21-23(29)14-32-27(36)24(21)22(28)12-17/h3-6,11-15H,7-10H2,1-2H3,(H2,31,33)(H,32,36). The molecule has 0 saturated carbocycles. The van der Waals surface area contributed by atoms with Gasteiger partial charge in [0, 0.05) is 60.6 Å². The molecule has 186 valence electrons. The summed E-state index contributed by atoms with van der Waals surface area (Å²) >= 11 is 0. The van der Waals surface area contributed by atoms with Gasteiger partial charge in [0.15, 0.2) is 0 Å². The molecule has 3 N–H and O–H groups in total. The summed E-state index contributed by atoms with van der Waals surface area (Å²) in [7, 11) is 0. The van der Waals surface area contributed by atoms with Crippen LogP contribution in [-0.2, 0) is 0 Å². The number of hydrogen-bond acceptors (Lipinski definition) is 5. The molecule has 6 nitrogen and oxygen atoms in total. The fourth-order valence-electron chi connectivity index (χ4n) is 4.75. The van der Waals surface area contributed by atoms with Gasteiger partial charge in [-0.25, -0.2) is 13.8 Å². The van der Waals surface area contributed by atoms with Gasteiger partial charge >= 0.3 is 0 Å². The summed E-state index contributed by atoms with van der Waals surface area (Å²) in [6.45, 7) is 8.16. The highest BCUT2D eigenvalue weighted by molar-refractivity contribution is 5.90. The Kier molecular flexibility index (Phi) is 6.17. The van der Waals surface area contributed by atoms with Gasteiger partial charge in [0.2, 0.25) is 5.95 Å². The van der Waals surface area contributed by atoms with Crippen LogP contribution in [0.25, 0.3) is 33.0 Å². The van der Waals surface area contributed by atoms with Gasteiger partial charge in [0.25, 0.3) is 5.56 Å². The van der Waals surface area contributed by atoms with Crippen LogP contribution in [0.2, 0.25) is 0 Å². The number of halogens is 3. The number of piperazine rings is 1. The van der Waals surface area contributed by atoms with Crippen LogP contribution in [0.1, 0.15) is 13.8 Å². The normalized spacial score (nSPS) is 14.7. The number of nitrogens with zero attached hydrogens (tertiary/aromatic N) is 3. The molecule has 1 aliphatic rings. The van der Waals surface area contributed by atoms with Crippen LogP contribution in [0.15, 0.2) is 53.5 Å². The number of nitrogens with two attached hydrogens (primary N) is 1. The highest BCUT2D eigenvalue weighted by atomic mass is 19.1. The van der Waals surface area contributed by atoms with Gasteiger partial charge in [-0.15, -0.1) is 0 Å². The number of aromatic amines is 1. The van der Waals surface area contributed by atoms with E-state index in [0.717, 1.165) is 44.1 Å². The summed E-state index contributed by atoms with van der Waals surface area (Å²) < 4.78 is 44.0. The predicted molar refractivity (Wildman–Crippen MR) is 136 cm³/mol. The van der Waals surface area contributed by atoms with Crippen molar-refractivity contribution in [1.29, 1.82) is 0 Å². The molecule has 2 aromatic heterocycles. The van der Waals surface area contributed by atoms with E-state index in [1.165, 1.54) is 12.1 Å². The van der Waals surface area contributed by atoms with Crippen molar-refractivity contribution in [3.05, 3.63) is 76.6 Å². The van der Waals surface area contributed by atoms with Gasteiger partial charge in [0.1, 0.15) is 17.5 Å². The Labute approximate surface area is 206 Å². The quantitative estimate of drug-likeness (QED) is 0.400. The van der Waals surface area contributed by atoms with Crippen LogP contribution in [0, 0.1) is 17.6 Å². The average Bonchev–Trinajstić information content (AvgIpc) is 2.86. The first-order valence-corrected chi connectivity index (χ1v) is 11.8. The first-order chi connectivity index (χ1) is 17.2. The van der Waals surface area contributed by atoms with Gasteiger partial charge in [-0.1, -0.05) is 12.1 Å². The number of rotatable bonds is 4. The number of benzene rings is 2. The lowest BCUT2D eigenvalue weighted by Crippen LogP contribution is -2.48. The predicted octanol–water partition coefficient (Wildman–Crippen LogP) is 4.79. The van der Waals surface area contributed by atoms with E-state index >= 15 is 0 Å². The molecule has 1 fully saturated rings. The SMILES string of the molecule is CC(C)N1CCN(c2ccc(-c3cc(-c4cc(F)c5c(=O)[nH]cc(F)c5c4)c(N)nc3F)cc2)CC1. The molecule has 0 unspecified atom stereocenters. The molecule has 0 amide bonds. The second-order valence-corrected chi connectivity index (χ2v) is 9.27. The van der Waals surface area contributed by atoms with Crippen LogP contribution in [0.3, 0.4) is 0 Å². The summed E-state index contributed by atoms with van der Waals surface area (Å²) in [5.74, 6) is -2.63. The zero-order valence-corrected chi connectivity index (χ0v) is 20.0. The number of fused-ring (bicyclic) bond motifs is 1. The van der Waals surface area contributed by atoms with E-state index in [4.69, 9.17) is 5.73 Å². The molecule has 3 heterocycles. The van der Waals surface area contributed by atoms with E-state index in [0.29, 0.717) is 11.6 Å². The highest BCUT2D eigenvalue weighted by Gasteiger charge is 2.20. The average molecular weight is 494 g/mol. The van der Waals surface area contributed by atoms with Crippen LogP contribution >= 0.6 is 0 Å². The number of nitrogens with one attached hydrogen (secondary N) is 1. The van der Waals surface area contributed by atoms with E-state index in [1.807, 2.05) is 24.3 Å². The van der Waals surface area contributed by atoms with Gasteiger partial charge in [-0.2, -0.15) is 4.39 Å². The van der Waals surface area contributed by atoms with E-state index in [2.05, 4.69) is 33.6 Å². The number of pyridine rings is 2. The van der Waals surface area contributed by atoms with Crippen molar-refractivity contribution in [2.24, 2.45) is 0 Å². The summed E-state index contributed by atoms with van der Waals surface area (Å²) in [6, 6.07) is 11.9. The molecular formula is C27H26F3N5O. The van der Waals surface area contributed by atoms with E-state index in [9.17, 15) is 18.0 Å². The molecular weight excluding hydrogens is 467 g/mol. The van der Waals surface area contributed by atoms with Crippen LogP contribution in [0.4, 0.5) is 24.7 Å². The number of hydrogen-bond donors (Lipinski definition) is 2. The van der Waals surface area contributed by atoms with Crippen LogP contribution in [-0.4, -0.2) is 47.1 Å². The van der Waals surface area contributed by atoms with Crippen LogP contribution in [0.5, 0.6) is 0 Å². The minimum absolute atomic E-state index is 0.167. The molecule has 1 saturated heterocycles. The smallest absolute Gasteiger partial charge is 0.258 e. The Morgan fingerprint density at radius 2 is 1.61 bits per heavy atom. The largest absolute Gasteiger partial charge is 0.383 e. The lowest BCUT2D eigenvalue weighted by Gasteiger charge is -2.38. The Balaban J connectivity index is 1.49. The van der Waals surface area contributed by atoms with Gasteiger partial charge in [-0.05, 0) is 55.3 Å². The zero-order valence-electron chi connectivity index (χ0n) is 20.0. The molecule has 0 atom stereocenters. The number of H-pyrrole nitrogens is 1.